The normalized spacial score (nSPS) is 16.6. The SMILES string of the molecule is NC(=O)CC1C(=O)N(c2ccc(Cl)cc2)C(=S)N1NC(=O)c1ccncc1. The minimum absolute atomic E-state index is 0.0241. The van der Waals surface area contributed by atoms with Crippen molar-refractivity contribution in [2.24, 2.45) is 5.73 Å². The number of nitrogens with zero attached hydrogens (tertiary/aromatic N) is 3. The average molecular weight is 404 g/mol. The molecule has 0 saturated carbocycles. The topological polar surface area (TPSA) is 109 Å². The number of hydrogen-bond donors (Lipinski definition) is 2. The van der Waals surface area contributed by atoms with Gasteiger partial charge in [-0.25, -0.2) is 5.01 Å². The monoisotopic (exact) mass is 403 g/mol. The summed E-state index contributed by atoms with van der Waals surface area (Å²) in [5.41, 5.74) is 8.63. The van der Waals surface area contributed by atoms with Crippen molar-refractivity contribution >= 4 is 52.3 Å². The van der Waals surface area contributed by atoms with Crippen molar-refractivity contribution in [3.8, 4) is 0 Å². The van der Waals surface area contributed by atoms with Crippen molar-refractivity contribution < 1.29 is 14.4 Å². The number of primary amides is 1. The van der Waals surface area contributed by atoms with E-state index in [1.165, 1.54) is 34.4 Å². The Morgan fingerprint density at radius 1 is 1.19 bits per heavy atom. The molecule has 2 heterocycles. The molecular formula is C17H14ClN5O3S. The van der Waals surface area contributed by atoms with Crippen LogP contribution >= 0.6 is 23.8 Å². The Morgan fingerprint density at radius 3 is 2.41 bits per heavy atom. The van der Waals surface area contributed by atoms with E-state index in [4.69, 9.17) is 29.6 Å². The molecule has 10 heteroatoms. The highest BCUT2D eigenvalue weighted by Crippen LogP contribution is 2.27. The third-order valence-corrected chi connectivity index (χ3v) is 4.49. The highest BCUT2D eigenvalue weighted by Gasteiger charge is 2.45. The lowest BCUT2D eigenvalue weighted by molar-refractivity contribution is -0.125. The van der Waals surface area contributed by atoms with Crippen molar-refractivity contribution in [1.82, 2.24) is 15.4 Å². The van der Waals surface area contributed by atoms with Crippen molar-refractivity contribution in [2.75, 3.05) is 4.90 Å². The number of nitrogens with one attached hydrogen (secondary N) is 1. The molecule has 0 bridgehead atoms. The van der Waals surface area contributed by atoms with E-state index in [1.54, 1.807) is 24.3 Å². The number of nitrogens with two attached hydrogens (primary N) is 1. The van der Waals surface area contributed by atoms with E-state index in [0.29, 0.717) is 16.3 Å². The van der Waals surface area contributed by atoms with Crippen molar-refractivity contribution in [1.29, 1.82) is 0 Å². The number of hydrogen-bond acceptors (Lipinski definition) is 5. The zero-order chi connectivity index (χ0) is 19.6. The number of pyridine rings is 1. The van der Waals surface area contributed by atoms with E-state index in [1.807, 2.05) is 0 Å². The predicted octanol–water partition coefficient (Wildman–Crippen LogP) is 1.26. The first kappa shape index (κ1) is 18.7. The lowest BCUT2D eigenvalue weighted by atomic mass is 10.2. The molecule has 27 heavy (non-hydrogen) atoms. The number of rotatable bonds is 5. The number of amides is 3. The number of carbonyl (C=O) groups is 3. The summed E-state index contributed by atoms with van der Waals surface area (Å²) in [7, 11) is 0. The van der Waals surface area contributed by atoms with E-state index < -0.39 is 23.8 Å². The maximum Gasteiger partial charge on any atom is 0.269 e. The Labute approximate surface area is 164 Å². The van der Waals surface area contributed by atoms with E-state index in [0.717, 1.165) is 0 Å². The van der Waals surface area contributed by atoms with Gasteiger partial charge in [-0.2, -0.15) is 0 Å². The molecule has 1 aromatic carbocycles. The minimum Gasteiger partial charge on any atom is -0.370 e. The van der Waals surface area contributed by atoms with Gasteiger partial charge in [0.2, 0.25) is 11.0 Å². The van der Waals surface area contributed by atoms with Gasteiger partial charge in [-0.3, -0.25) is 29.7 Å². The van der Waals surface area contributed by atoms with Crippen LogP contribution in [0.4, 0.5) is 5.69 Å². The Balaban J connectivity index is 1.91. The number of aromatic nitrogens is 1. The fraction of sp³-hybridized carbons (Fsp3) is 0.118. The van der Waals surface area contributed by atoms with E-state index >= 15 is 0 Å². The minimum atomic E-state index is -1.04. The van der Waals surface area contributed by atoms with Gasteiger partial charge in [-0.05, 0) is 48.6 Å². The second-order valence-electron chi connectivity index (χ2n) is 5.67. The van der Waals surface area contributed by atoms with Crippen LogP contribution in [0.5, 0.6) is 0 Å². The second kappa shape index (κ2) is 7.68. The third-order valence-electron chi connectivity index (χ3n) is 3.86. The molecule has 1 atom stereocenters. The fourth-order valence-electron chi connectivity index (χ4n) is 2.59. The van der Waals surface area contributed by atoms with Crippen LogP contribution in [0.1, 0.15) is 16.8 Å². The predicted molar refractivity (Wildman–Crippen MR) is 103 cm³/mol. The number of hydrazine groups is 1. The number of benzene rings is 1. The number of anilines is 1. The van der Waals surface area contributed by atoms with Crippen LogP contribution < -0.4 is 16.1 Å². The van der Waals surface area contributed by atoms with E-state index in [2.05, 4.69) is 10.4 Å². The Morgan fingerprint density at radius 2 is 1.81 bits per heavy atom. The zero-order valence-electron chi connectivity index (χ0n) is 13.8. The number of thiocarbonyl (C=S) groups is 1. The maximum atomic E-state index is 12.9. The fourth-order valence-corrected chi connectivity index (χ4v) is 3.09. The van der Waals surface area contributed by atoms with Crippen LogP contribution in [0.25, 0.3) is 0 Å². The van der Waals surface area contributed by atoms with Gasteiger partial charge in [0, 0.05) is 23.0 Å². The summed E-state index contributed by atoms with van der Waals surface area (Å²) in [6, 6.07) is 8.41. The Kier molecular flexibility index (Phi) is 5.33. The van der Waals surface area contributed by atoms with E-state index in [9.17, 15) is 14.4 Å². The lowest BCUT2D eigenvalue weighted by Gasteiger charge is -2.24. The van der Waals surface area contributed by atoms with Crippen LogP contribution in [0.3, 0.4) is 0 Å². The molecule has 1 aliphatic rings. The van der Waals surface area contributed by atoms with Crippen molar-refractivity contribution in [3.05, 3.63) is 59.4 Å². The molecule has 3 amide bonds. The van der Waals surface area contributed by atoms with Crippen molar-refractivity contribution in [2.45, 2.75) is 12.5 Å². The van der Waals surface area contributed by atoms with Gasteiger partial charge in [0.25, 0.3) is 11.8 Å². The van der Waals surface area contributed by atoms with Crippen LogP contribution in [0.2, 0.25) is 5.02 Å². The van der Waals surface area contributed by atoms with Gasteiger partial charge < -0.3 is 5.73 Å². The zero-order valence-corrected chi connectivity index (χ0v) is 15.4. The quantitative estimate of drug-likeness (QED) is 0.727. The van der Waals surface area contributed by atoms with Crippen LogP contribution in [0, 0.1) is 0 Å². The van der Waals surface area contributed by atoms with Crippen LogP contribution in [-0.2, 0) is 9.59 Å². The number of halogens is 1. The summed E-state index contributed by atoms with van der Waals surface area (Å²) >= 11 is 11.3. The molecule has 2 aromatic rings. The molecule has 1 aromatic heterocycles. The smallest absolute Gasteiger partial charge is 0.269 e. The van der Waals surface area contributed by atoms with Gasteiger partial charge >= 0.3 is 0 Å². The molecule has 1 unspecified atom stereocenters. The molecule has 0 radical (unpaired) electrons. The lowest BCUT2D eigenvalue weighted by Crippen LogP contribution is -2.49. The first-order chi connectivity index (χ1) is 12.9. The maximum absolute atomic E-state index is 12.9. The molecular weight excluding hydrogens is 390 g/mol. The summed E-state index contributed by atoms with van der Waals surface area (Å²) in [6.45, 7) is 0. The summed E-state index contributed by atoms with van der Waals surface area (Å²) in [6.07, 6.45) is 2.62. The first-order valence-electron chi connectivity index (χ1n) is 7.80. The molecule has 1 fully saturated rings. The number of carbonyl (C=O) groups excluding carboxylic acids is 3. The highest BCUT2D eigenvalue weighted by atomic mass is 35.5. The molecule has 0 aliphatic carbocycles. The Bertz CT molecular complexity index is 907. The molecule has 138 valence electrons. The van der Waals surface area contributed by atoms with Gasteiger partial charge in [-0.15, -0.1) is 0 Å². The largest absolute Gasteiger partial charge is 0.370 e. The summed E-state index contributed by atoms with van der Waals surface area (Å²) in [4.78, 5) is 41.8. The standard InChI is InChI=1S/C17H14ClN5O3S/c18-11-1-3-12(4-2-11)22-16(26)13(9-14(19)24)23(17(22)27)21-15(25)10-5-7-20-8-6-10/h1-8,13H,9H2,(H2,19,24)(H,21,25). The summed E-state index contributed by atoms with van der Waals surface area (Å²) in [5, 5.41) is 1.70. The molecule has 1 aliphatic heterocycles. The van der Waals surface area contributed by atoms with Crippen molar-refractivity contribution in [3.63, 3.8) is 0 Å². The third kappa shape index (κ3) is 3.88. The Hall–Kier alpha value is -3.04. The van der Waals surface area contributed by atoms with Gasteiger partial charge in [0.1, 0.15) is 6.04 Å². The molecule has 3 rings (SSSR count). The van der Waals surface area contributed by atoms with E-state index in [-0.39, 0.29) is 11.5 Å². The first-order valence-corrected chi connectivity index (χ1v) is 8.59. The second-order valence-corrected chi connectivity index (χ2v) is 6.47. The molecule has 3 N–H and O–H groups in total. The summed E-state index contributed by atoms with van der Waals surface area (Å²) < 4.78 is 0. The highest BCUT2D eigenvalue weighted by molar-refractivity contribution is 7.80. The van der Waals surface area contributed by atoms with Crippen LogP contribution in [0.15, 0.2) is 48.8 Å². The van der Waals surface area contributed by atoms with Gasteiger partial charge in [0.05, 0.1) is 12.1 Å². The summed E-state index contributed by atoms with van der Waals surface area (Å²) in [5.74, 6) is -1.67. The van der Waals surface area contributed by atoms with Crippen LogP contribution in [-0.4, -0.2) is 38.9 Å². The van der Waals surface area contributed by atoms with Gasteiger partial charge in [-0.1, -0.05) is 11.6 Å². The molecule has 1 saturated heterocycles. The van der Waals surface area contributed by atoms with Gasteiger partial charge in [0.15, 0.2) is 0 Å². The molecule has 8 nitrogen and oxygen atoms in total. The molecule has 0 spiro atoms. The average Bonchev–Trinajstić information content (AvgIpc) is 2.87.